The quantitative estimate of drug-likeness (QED) is 0.861. The summed E-state index contributed by atoms with van der Waals surface area (Å²) in [5.74, 6) is -0.479. The minimum Gasteiger partial charge on any atom is -0.338 e. The average molecular weight is 296 g/mol. The minimum atomic E-state index is -0.401. The molecule has 1 N–H and O–H groups in total. The first-order valence-corrected chi connectivity index (χ1v) is 7.23. The van der Waals surface area contributed by atoms with Gasteiger partial charge in [0.2, 0.25) is 5.91 Å². The summed E-state index contributed by atoms with van der Waals surface area (Å²) < 4.78 is 0. The van der Waals surface area contributed by atoms with Crippen molar-refractivity contribution in [2.24, 2.45) is 0 Å². The SMILES string of the molecule is Cc1cccc2c1C(C(=O)Nc1ccccc1)C(=S)N2C. The lowest BCUT2D eigenvalue weighted by Gasteiger charge is -2.15. The molecule has 0 aromatic heterocycles. The predicted molar refractivity (Wildman–Crippen MR) is 90.0 cm³/mol. The smallest absolute Gasteiger partial charge is 0.238 e. The molecule has 3 nitrogen and oxygen atoms in total. The highest BCUT2D eigenvalue weighted by Crippen LogP contribution is 2.39. The van der Waals surface area contributed by atoms with Crippen molar-refractivity contribution >= 4 is 34.5 Å². The first-order chi connectivity index (χ1) is 10.1. The van der Waals surface area contributed by atoms with E-state index in [4.69, 9.17) is 12.2 Å². The molecule has 1 aliphatic heterocycles. The molecule has 2 aromatic carbocycles. The molecule has 0 saturated heterocycles. The van der Waals surface area contributed by atoms with E-state index in [9.17, 15) is 4.79 Å². The van der Waals surface area contributed by atoms with E-state index in [2.05, 4.69) is 5.32 Å². The highest BCUT2D eigenvalue weighted by atomic mass is 32.1. The first kappa shape index (κ1) is 13.8. The standard InChI is InChI=1S/C17H16N2OS/c1-11-7-6-10-13-14(11)15(17(21)19(13)2)16(20)18-12-8-4-3-5-9-12/h3-10,15H,1-2H3,(H,18,20). The molecule has 1 heterocycles. The van der Waals surface area contributed by atoms with Gasteiger partial charge >= 0.3 is 0 Å². The first-order valence-electron chi connectivity index (χ1n) is 6.82. The van der Waals surface area contributed by atoms with Crippen molar-refractivity contribution in [3.05, 3.63) is 59.7 Å². The Morgan fingerprint density at radius 1 is 1.14 bits per heavy atom. The van der Waals surface area contributed by atoms with Gasteiger partial charge in [0.15, 0.2) is 0 Å². The van der Waals surface area contributed by atoms with Crippen LogP contribution in [0.25, 0.3) is 0 Å². The number of nitrogens with one attached hydrogen (secondary N) is 1. The molecule has 1 atom stereocenters. The normalized spacial score (nSPS) is 16.8. The number of carbonyl (C=O) groups excluding carboxylic acids is 1. The van der Waals surface area contributed by atoms with E-state index in [1.165, 1.54) is 0 Å². The summed E-state index contributed by atoms with van der Waals surface area (Å²) in [4.78, 5) is 15.2. The maximum atomic E-state index is 12.7. The number of rotatable bonds is 2. The maximum Gasteiger partial charge on any atom is 0.238 e. The molecule has 1 amide bonds. The van der Waals surface area contributed by atoms with Crippen LogP contribution in [0.4, 0.5) is 11.4 Å². The Morgan fingerprint density at radius 2 is 1.86 bits per heavy atom. The van der Waals surface area contributed by atoms with Gasteiger partial charge in [-0.05, 0) is 36.2 Å². The number of anilines is 2. The molecule has 1 aliphatic rings. The van der Waals surface area contributed by atoms with Crippen LogP contribution in [0.3, 0.4) is 0 Å². The molecule has 0 aliphatic carbocycles. The number of fused-ring (bicyclic) bond motifs is 1. The number of para-hydroxylation sites is 1. The molecule has 21 heavy (non-hydrogen) atoms. The summed E-state index contributed by atoms with van der Waals surface area (Å²) in [7, 11) is 1.91. The molecule has 0 bridgehead atoms. The van der Waals surface area contributed by atoms with E-state index in [-0.39, 0.29) is 5.91 Å². The highest BCUT2D eigenvalue weighted by Gasteiger charge is 2.38. The van der Waals surface area contributed by atoms with Crippen LogP contribution < -0.4 is 10.2 Å². The Balaban J connectivity index is 1.96. The van der Waals surface area contributed by atoms with Crippen molar-refractivity contribution in [1.82, 2.24) is 0 Å². The van der Waals surface area contributed by atoms with Gasteiger partial charge in [-0.1, -0.05) is 42.5 Å². The Bertz CT molecular complexity index is 712. The number of benzene rings is 2. The molecular weight excluding hydrogens is 280 g/mol. The lowest BCUT2D eigenvalue weighted by Crippen LogP contribution is -2.30. The van der Waals surface area contributed by atoms with E-state index < -0.39 is 5.92 Å². The fourth-order valence-electron chi connectivity index (χ4n) is 2.75. The second-order valence-electron chi connectivity index (χ2n) is 5.19. The van der Waals surface area contributed by atoms with E-state index >= 15 is 0 Å². The van der Waals surface area contributed by atoms with Gasteiger partial charge in [-0.25, -0.2) is 0 Å². The van der Waals surface area contributed by atoms with Gasteiger partial charge < -0.3 is 10.2 Å². The third-order valence-corrected chi connectivity index (χ3v) is 4.34. The van der Waals surface area contributed by atoms with Crippen LogP contribution >= 0.6 is 12.2 Å². The Kier molecular flexibility index (Phi) is 3.47. The Morgan fingerprint density at radius 3 is 2.57 bits per heavy atom. The van der Waals surface area contributed by atoms with Gasteiger partial charge in [0.25, 0.3) is 0 Å². The number of aryl methyl sites for hydroxylation is 1. The second-order valence-corrected chi connectivity index (χ2v) is 5.61. The third kappa shape index (κ3) is 2.32. The molecule has 3 rings (SSSR count). The third-order valence-electron chi connectivity index (χ3n) is 3.83. The molecule has 0 radical (unpaired) electrons. The summed E-state index contributed by atoms with van der Waals surface area (Å²) in [5, 5.41) is 2.95. The van der Waals surface area contributed by atoms with Crippen LogP contribution in [-0.2, 0) is 4.79 Å². The molecule has 0 spiro atoms. The van der Waals surface area contributed by atoms with Gasteiger partial charge in [0.05, 0.1) is 4.99 Å². The zero-order chi connectivity index (χ0) is 15.0. The Labute approximate surface area is 129 Å². The lowest BCUT2D eigenvalue weighted by atomic mass is 9.95. The van der Waals surface area contributed by atoms with E-state index in [0.29, 0.717) is 4.99 Å². The maximum absolute atomic E-state index is 12.7. The van der Waals surface area contributed by atoms with E-state index in [1.54, 1.807) is 0 Å². The molecular formula is C17H16N2OS. The van der Waals surface area contributed by atoms with Crippen LogP contribution in [0.5, 0.6) is 0 Å². The molecule has 1 unspecified atom stereocenters. The minimum absolute atomic E-state index is 0.0777. The largest absolute Gasteiger partial charge is 0.338 e. The number of hydrogen-bond acceptors (Lipinski definition) is 2. The summed E-state index contributed by atoms with van der Waals surface area (Å²) in [6, 6.07) is 15.5. The fourth-order valence-corrected chi connectivity index (χ4v) is 3.07. The number of carbonyl (C=O) groups is 1. The van der Waals surface area contributed by atoms with Crippen LogP contribution in [0.1, 0.15) is 17.0 Å². The van der Waals surface area contributed by atoms with E-state index in [0.717, 1.165) is 22.5 Å². The number of hydrogen-bond donors (Lipinski definition) is 1. The van der Waals surface area contributed by atoms with Crippen LogP contribution in [0, 0.1) is 6.92 Å². The zero-order valence-corrected chi connectivity index (χ0v) is 12.8. The molecule has 0 fully saturated rings. The number of likely N-dealkylation sites (N-methyl/N-ethyl adjacent to an activating group) is 1. The second kappa shape index (κ2) is 5.30. The molecule has 0 saturated carbocycles. The van der Waals surface area contributed by atoms with Crippen molar-refractivity contribution in [3.63, 3.8) is 0 Å². The van der Waals surface area contributed by atoms with E-state index in [1.807, 2.05) is 67.4 Å². The van der Waals surface area contributed by atoms with Crippen molar-refractivity contribution in [2.45, 2.75) is 12.8 Å². The van der Waals surface area contributed by atoms with Crippen molar-refractivity contribution < 1.29 is 4.79 Å². The van der Waals surface area contributed by atoms with Gasteiger partial charge in [0.1, 0.15) is 5.92 Å². The van der Waals surface area contributed by atoms with Gasteiger partial charge in [-0.2, -0.15) is 0 Å². The monoisotopic (exact) mass is 296 g/mol. The fraction of sp³-hybridized carbons (Fsp3) is 0.176. The summed E-state index contributed by atoms with van der Waals surface area (Å²) in [5.41, 5.74) is 3.91. The predicted octanol–water partition coefficient (Wildman–Crippen LogP) is 3.49. The van der Waals surface area contributed by atoms with Gasteiger partial charge in [-0.3, -0.25) is 4.79 Å². The molecule has 4 heteroatoms. The Hall–Kier alpha value is -2.20. The summed E-state index contributed by atoms with van der Waals surface area (Å²) in [6.45, 7) is 2.02. The topological polar surface area (TPSA) is 32.3 Å². The van der Waals surface area contributed by atoms with Crippen molar-refractivity contribution in [2.75, 3.05) is 17.3 Å². The van der Waals surface area contributed by atoms with Gasteiger partial charge in [-0.15, -0.1) is 0 Å². The van der Waals surface area contributed by atoms with Crippen molar-refractivity contribution in [3.8, 4) is 0 Å². The number of amides is 1. The summed E-state index contributed by atoms with van der Waals surface area (Å²) >= 11 is 5.49. The molecule has 2 aromatic rings. The number of nitrogens with zero attached hydrogens (tertiary/aromatic N) is 1. The van der Waals surface area contributed by atoms with Crippen LogP contribution in [0.15, 0.2) is 48.5 Å². The highest BCUT2D eigenvalue weighted by molar-refractivity contribution is 7.80. The summed E-state index contributed by atoms with van der Waals surface area (Å²) in [6.07, 6.45) is 0. The molecule has 106 valence electrons. The zero-order valence-electron chi connectivity index (χ0n) is 12.0. The van der Waals surface area contributed by atoms with Crippen molar-refractivity contribution in [1.29, 1.82) is 0 Å². The number of thiocarbonyl (C=S) groups is 1. The van der Waals surface area contributed by atoms with Gasteiger partial charge in [0, 0.05) is 18.4 Å². The lowest BCUT2D eigenvalue weighted by molar-refractivity contribution is -0.116. The van der Waals surface area contributed by atoms with Crippen LogP contribution in [0.2, 0.25) is 0 Å². The van der Waals surface area contributed by atoms with Crippen LogP contribution in [-0.4, -0.2) is 17.9 Å². The average Bonchev–Trinajstić information content (AvgIpc) is 2.74.